The number of amides is 1. The van der Waals surface area contributed by atoms with Crippen LogP contribution in [-0.4, -0.2) is 11.9 Å². The highest BCUT2D eigenvalue weighted by atomic mass is 16.1. The Hall–Kier alpha value is -1.77. The molecule has 3 rings (SSSR count). The summed E-state index contributed by atoms with van der Waals surface area (Å²) in [5.74, 6) is 2.25. The SMILES string of the molecule is CC(=O)Nc1cccc(NC(C)C2CC3C=CC2C3)c1. The first-order chi connectivity index (χ1) is 9.61. The van der Waals surface area contributed by atoms with E-state index in [1.54, 1.807) is 0 Å². The van der Waals surface area contributed by atoms with Gasteiger partial charge in [0.2, 0.25) is 5.91 Å². The smallest absolute Gasteiger partial charge is 0.221 e. The molecule has 0 aliphatic heterocycles. The number of carbonyl (C=O) groups is 1. The predicted molar refractivity (Wildman–Crippen MR) is 82.7 cm³/mol. The number of carbonyl (C=O) groups excluding carboxylic acids is 1. The number of benzene rings is 1. The van der Waals surface area contributed by atoms with Crippen LogP contribution in [0, 0.1) is 17.8 Å². The quantitative estimate of drug-likeness (QED) is 0.820. The van der Waals surface area contributed by atoms with Crippen molar-refractivity contribution < 1.29 is 4.79 Å². The fourth-order valence-electron chi connectivity index (χ4n) is 3.66. The van der Waals surface area contributed by atoms with Gasteiger partial charge in [-0.25, -0.2) is 0 Å². The summed E-state index contributed by atoms with van der Waals surface area (Å²) in [5, 5.41) is 6.42. The van der Waals surface area contributed by atoms with Gasteiger partial charge in [0.05, 0.1) is 0 Å². The molecule has 2 aliphatic carbocycles. The van der Waals surface area contributed by atoms with Crippen LogP contribution < -0.4 is 10.6 Å². The van der Waals surface area contributed by atoms with Crippen LogP contribution in [0.4, 0.5) is 11.4 Å². The van der Waals surface area contributed by atoms with Crippen LogP contribution in [0.1, 0.15) is 26.7 Å². The molecule has 20 heavy (non-hydrogen) atoms. The van der Waals surface area contributed by atoms with Crippen LogP contribution in [0.15, 0.2) is 36.4 Å². The van der Waals surface area contributed by atoms with Gasteiger partial charge < -0.3 is 10.6 Å². The highest BCUT2D eigenvalue weighted by molar-refractivity contribution is 5.89. The van der Waals surface area contributed by atoms with Crippen molar-refractivity contribution in [1.29, 1.82) is 0 Å². The van der Waals surface area contributed by atoms with E-state index < -0.39 is 0 Å². The summed E-state index contributed by atoms with van der Waals surface area (Å²) < 4.78 is 0. The maximum absolute atomic E-state index is 11.1. The van der Waals surface area contributed by atoms with Gasteiger partial charge in [0, 0.05) is 24.3 Å². The second-order valence-electron chi connectivity index (χ2n) is 6.14. The molecule has 4 unspecified atom stereocenters. The number of allylic oxidation sites excluding steroid dienone is 2. The Morgan fingerprint density at radius 1 is 1.25 bits per heavy atom. The summed E-state index contributed by atoms with van der Waals surface area (Å²) in [6.45, 7) is 3.80. The molecule has 0 aromatic heterocycles. The van der Waals surface area contributed by atoms with Gasteiger partial charge in [-0.15, -0.1) is 0 Å². The van der Waals surface area contributed by atoms with E-state index in [0.29, 0.717) is 6.04 Å². The average Bonchev–Trinajstić information content (AvgIpc) is 3.00. The second kappa shape index (κ2) is 5.31. The van der Waals surface area contributed by atoms with Crippen LogP contribution in [0.25, 0.3) is 0 Å². The normalized spacial score (nSPS) is 28.4. The van der Waals surface area contributed by atoms with Crippen molar-refractivity contribution in [1.82, 2.24) is 0 Å². The molecule has 0 radical (unpaired) electrons. The van der Waals surface area contributed by atoms with E-state index in [9.17, 15) is 4.79 Å². The molecule has 0 spiro atoms. The molecule has 0 saturated heterocycles. The second-order valence-corrected chi connectivity index (χ2v) is 6.14. The first-order valence-corrected chi connectivity index (χ1v) is 7.44. The number of fused-ring (bicyclic) bond motifs is 2. The van der Waals surface area contributed by atoms with E-state index in [4.69, 9.17) is 0 Å². The minimum Gasteiger partial charge on any atom is -0.382 e. The third kappa shape index (κ3) is 2.72. The summed E-state index contributed by atoms with van der Waals surface area (Å²) in [7, 11) is 0. The average molecular weight is 270 g/mol. The standard InChI is InChI=1S/C17H22N2O/c1-11(17-9-13-6-7-14(17)8-13)18-15-4-3-5-16(10-15)19-12(2)20/h3-7,10-11,13-14,17-18H,8-9H2,1-2H3,(H,19,20). The van der Waals surface area contributed by atoms with Gasteiger partial charge in [0.25, 0.3) is 0 Å². The Bertz CT molecular complexity index is 538. The van der Waals surface area contributed by atoms with E-state index >= 15 is 0 Å². The van der Waals surface area contributed by atoms with E-state index in [-0.39, 0.29) is 5.91 Å². The van der Waals surface area contributed by atoms with Crippen LogP contribution in [0.2, 0.25) is 0 Å². The first kappa shape index (κ1) is 13.2. The predicted octanol–water partition coefficient (Wildman–Crippen LogP) is 3.66. The number of hydrogen-bond donors (Lipinski definition) is 2. The van der Waals surface area contributed by atoms with Crippen LogP contribution in [-0.2, 0) is 4.79 Å². The summed E-state index contributed by atoms with van der Waals surface area (Å²) in [4.78, 5) is 11.1. The van der Waals surface area contributed by atoms with Crippen molar-refractivity contribution in [3.05, 3.63) is 36.4 Å². The zero-order chi connectivity index (χ0) is 14.1. The van der Waals surface area contributed by atoms with Gasteiger partial charge in [0.15, 0.2) is 0 Å². The molecule has 1 fully saturated rings. The highest BCUT2D eigenvalue weighted by Crippen LogP contribution is 2.45. The van der Waals surface area contributed by atoms with Crippen LogP contribution in [0.5, 0.6) is 0 Å². The monoisotopic (exact) mass is 270 g/mol. The molecule has 0 heterocycles. The Labute approximate surface area is 120 Å². The van der Waals surface area contributed by atoms with Gasteiger partial charge >= 0.3 is 0 Å². The molecule has 4 atom stereocenters. The third-order valence-corrected chi connectivity index (χ3v) is 4.55. The number of nitrogens with one attached hydrogen (secondary N) is 2. The van der Waals surface area contributed by atoms with Gasteiger partial charge in [-0.2, -0.15) is 0 Å². The Morgan fingerprint density at radius 2 is 2.05 bits per heavy atom. The minimum absolute atomic E-state index is 0.0339. The van der Waals surface area contributed by atoms with Crippen LogP contribution >= 0.6 is 0 Å². The molecule has 1 aromatic carbocycles. The maximum Gasteiger partial charge on any atom is 0.221 e. The third-order valence-electron chi connectivity index (χ3n) is 4.55. The molecular formula is C17H22N2O. The van der Waals surface area contributed by atoms with Gasteiger partial charge in [-0.1, -0.05) is 18.2 Å². The topological polar surface area (TPSA) is 41.1 Å². The lowest BCUT2D eigenvalue weighted by atomic mass is 9.87. The van der Waals surface area contributed by atoms with Gasteiger partial charge in [-0.05, 0) is 55.7 Å². The molecule has 1 aromatic rings. The summed E-state index contributed by atoms with van der Waals surface area (Å²) >= 11 is 0. The lowest BCUT2D eigenvalue weighted by Crippen LogP contribution is -2.28. The molecule has 2 aliphatic rings. The number of rotatable bonds is 4. The van der Waals surface area contributed by atoms with Crippen molar-refractivity contribution in [2.45, 2.75) is 32.7 Å². The molecule has 106 valence electrons. The van der Waals surface area contributed by atoms with Crippen molar-refractivity contribution in [2.24, 2.45) is 17.8 Å². The van der Waals surface area contributed by atoms with E-state index in [0.717, 1.165) is 29.1 Å². The molecule has 1 saturated carbocycles. The van der Waals surface area contributed by atoms with E-state index in [1.807, 2.05) is 18.2 Å². The number of anilines is 2. The van der Waals surface area contributed by atoms with Gasteiger partial charge in [0.1, 0.15) is 0 Å². The van der Waals surface area contributed by atoms with E-state index in [1.165, 1.54) is 19.8 Å². The molecule has 3 nitrogen and oxygen atoms in total. The Morgan fingerprint density at radius 3 is 2.70 bits per heavy atom. The molecule has 2 N–H and O–H groups in total. The zero-order valence-corrected chi connectivity index (χ0v) is 12.1. The molecule has 2 bridgehead atoms. The summed E-state index contributed by atoms with van der Waals surface area (Å²) in [6, 6.07) is 8.41. The van der Waals surface area contributed by atoms with E-state index in [2.05, 4.69) is 35.8 Å². The molecule has 1 amide bonds. The van der Waals surface area contributed by atoms with Gasteiger partial charge in [-0.3, -0.25) is 4.79 Å². The lowest BCUT2D eigenvalue weighted by Gasteiger charge is -2.27. The van der Waals surface area contributed by atoms with Crippen molar-refractivity contribution in [3.8, 4) is 0 Å². The zero-order valence-electron chi connectivity index (χ0n) is 12.1. The molecular weight excluding hydrogens is 248 g/mol. The Balaban J connectivity index is 1.65. The summed E-state index contributed by atoms with van der Waals surface area (Å²) in [6.07, 6.45) is 7.42. The Kier molecular flexibility index (Phi) is 3.51. The fourth-order valence-corrected chi connectivity index (χ4v) is 3.66. The highest BCUT2D eigenvalue weighted by Gasteiger charge is 2.38. The van der Waals surface area contributed by atoms with Crippen molar-refractivity contribution in [3.63, 3.8) is 0 Å². The first-order valence-electron chi connectivity index (χ1n) is 7.44. The van der Waals surface area contributed by atoms with Crippen LogP contribution in [0.3, 0.4) is 0 Å². The largest absolute Gasteiger partial charge is 0.382 e. The summed E-state index contributed by atoms with van der Waals surface area (Å²) in [5.41, 5.74) is 1.93. The lowest BCUT2D eigenvalue weighted by molar-refractivity contribution is -0.114. The minimum atomic E-state index is -0.0339. The van der Waals surface area contributed by atoms with Crippen molar-refractivity contribution in [2.75, 3.05) is 10.6 Å². The van der Waals surface area contributed by atoms with Crippen molar-refractivity contribution >= 4 is 17.3 Å². The fraction of sp³-hybridized carbons (Fsp3) is 0.471. The maximum atomic E-state index is 11.1. The molecule has 3 heteroatoms. The number of hydrogen-bond acceptors (Lipinski definition) is 2.